The second kappa shape index (κ2) is 6.76. The summed E-state index contributed by atoms with van der Waals surface area (Å²) in [5.41, 5.74) is 7.85. The van der Waals surface area contributed by atoms with Crippen LogP contribution in [-0.2, 0) is 5.41 Å². The summed E-state index contributed by atoms with van der Waals surface area (Å²) in [5, 5.41) is 3.37. The fourth-order valence-electron chi connectivity index (χ4n) is 6.11. The van der Waals surface area contributed by atoms with Crippen LogP contribution in [0.3, 0.4) is 0 Å². The molecule has 5 aromatic carbocycles. The van der Waals surface area contributed by atoms with Crippen LogP contribution in [0.25, 0.3) is 31.3 Å². The average molecular weight is 489 g/mol. The van der Waals surface area contributed by atoms with Crippen LogP contribution in [0.2, 0.25) is 5.02 Å². The maximum Gasteiger partial charge on any atom is 0.0735 e. The summed E-state index contributed by atoms with van der Waals surface area (Å²) >= 11 is 10.3. The van der Waals surface area contributed by atoms with E-state index in [1.54, 1.807) is 11.3 Å². The van der Waals surface area contributed by atoms with Crippen molar-refractivity contribution in [3.8, 4) is 11.1 Å². The normalized spacial score (nSPS) is 14.7. The fourth-order valence-corrected chi connectivity index (χ4v) is 8.82. The zero-order chi connectivity index (χ0) is 22.4. The Balaban J connectivity index is 1.59. The van der Waals surface area contributed by atoms with Gasteiger partial charge in [0, 0.05) is 25.3 Å². The van der Waals surface area contributed by atoms with E-state index < -0.39 is 0 Å². The molecular formula is C31H17ClS2. The zero-order valence-corrected chi connectivity index (χ0v) is 20.4. The molecule has 0 atom stereocenters. The van der Waals surface area contributed by atoms with E-state index in [1.165, 1.54) is 63.3 Å². The van der Waals surface area contributed by atoms with Crippen LogP contribution < -0.4 is 0 Å². The topological polar surface area (TPSA) is 0 Å². The molecule has 0 unspecified atom stereocenters. The summed E-state index contributed by atoms with van der Waals surface area (Å²) < 4.78 is 2.47. The second-order valence-corrected chi connectivity index (χ2v) is 11.5. The first-order valence-corrected chi connectivity index (χ1v) is 13.4. The van der Waals surface area contributed by atoms with E-state index in [2.05, 4.69) is 97.1 Å². The van der Waals surface area contributed by atoms with E-state index in [4.69, 9.17) is 11.6 Å². The van der Waals surface area contributed by atoms with Crippen molar-refractivity contribution in [3.05, 3.63) is 130 Å². The molecule has 34 heavy (non-hydrogen) atoms. The maximum absolute atomic E-state index is 6.62. The van der Waals surface area contributed by atoms with Gasteiger partial charge in [-0.3, -0.25) is 0 Å². The van der Waals surface area contributed by atoms with Gasteiger partial charge >= 0.3 is 0 Å². The molecule has 0 saturated carbocycles. The molecule has 0 amide bonds. The molecule has 0 nitrogen and oxygen atoms in total. The summed E-state index contributed by atoms with van der Waals surface area (Å²) in [6, 6.07) is 38.0. The van der Waals surface area contributed by atoms with E-state index in [-0.39, 0.29) is 5.41 Å². The van der Waals surface area contributed by atoms with Gasteiger partial charge in [0.25, 0.3) is 0 Å². The smallest absolute Gasteiger partial charge is 0.0735 e. The lowest BCUT2D eigenvalue weighted by atomic mass is 9.67. The van der Waals surface area contributed by atoms with Gasteiger partial charge < -0.3 is 0 Å². The van der Waals surface area contributed by atoms with Gasteiger partial charge in [-0.15, -0.1) is 11.3 Å². The van der Waals surface area contributed by atoms with Crippen molar-refractivity contribution in [3.63, 3.8) is 0 Å². The molecule has 160 valence electrons. The Bertz CT molecular complexity index is 1760. The number of hydrogen-bond donors (Lipinski definition) is 0. The van der Waals surface area contributed by atoms with E-state index in [0.29, 0.717) is 0 Å². The highest BCUT2D eigenvalue weighted by molar-refractivity contribution is 7.99. The quantitative estimate of drug-likeness (QED) is 0.205. The minimum Gasteiger partial charge on any atom is -0.134 e. The van der Waals surface area contributed by atoms with Crippen LogP contribution in [0, 0.1) is 0 Å². The molecule has 0 saturated heterocycles. The third-order valence-electron chi connectivity index (χ3n) is 7.42. The van der Waals surface area contributed by atoms with Gasteiger partial charge in [-0.05, 0) is 57.6 Å². The number of benzene rings is 5. The van der Waals surface area contributed by atoms with E-state index >= 15 is 0 Å². The van der Waals surface area contributed by atoms with Crippen molar-refractivity contribution in [2.75, 3.05) is 0 Å². The van der Waals surface area contributed by atoms with Crippen molar-refractivity contribution in [1.29, 1.82) is 0 Å². The molecule has 2 heterocycles. The first-order valence-electron chi connectivity index (χ1n) is 11.4. The molecular weight excluding hydrogens is 472 g/mol. The lowest BCUT2D eigenvalue weighted by molar-refractivity contribution is 0.724. The Morgan fingerprint density at radius 1 is 0.559 bits per heavy atom. The molecule has 3 heteroatoms. The number of halogens is 1. The highest BCUT2D eigenvalue weighted by Crippen LogP contribution is 2.62. The molecule has 1 spiro atoms. The average Bonchev–Trinajstić information content (AvgIpc) is 3.38. The Morgan fingerprint density at radius 3 is 2.00 bits per heavy atom. The van der Waals surface area contributed by atoms with Gasteiger partial charge in [0.2, 0.25) is 0 Å². The Labute approximate surface area is 210 Å². The van der Waals surface area contributed by atoms with Crippen LogP contribution in [0.15, 0.2) is 113 Å². The zero-order valence-electron chi connectivity index (χ0n) is 18.0. The minimum atomic E-state index is -0.328. The highest BCUT2D eigenvalue weighted by Gasteiger charge is 2.50. The molecule has 0 fully saturated rings. The largest absolute Gasteiger partial charge is 0.134 e. The van der Waals surface area contributed by atoms with Crippen molar-refractivity contribution >= 4 is 54.9 Å². The van der Waals surface area contributed by atoms with Gasteiger partial charge in [0.05, 0.1) is 15.1 Å². The molecule has 8 rings (SSSR count). The van der Waals surface area contributed by atoms with Gasteiger partial charge in [0.15, 0.2) is 0 Å². The molecule has 1 aliphatic carbocycles. The summed E-state index contributed by atoms with van der Waals surface area (Å²) in [7, 11) is 0. The Morgan fingerprint density at radius 2 is 1.24 bits per heavy atom. The van der Waals surface area contributed by atoms with Gasteiger partial charge in [-0.1, -0.05) is 102 Å². The lowest BCUT2D eigenvalue weighted by Gasteiger charge is -2.39. The standard InChI is InChI=1S/C31H17ClS2/c32-26-14-7-10-20-21-16-25-29(17-28(21)34-30(20)26)33-27-15-6-5-13-24(27)31(25)22-11-3-1-8-18(22)19-9-2-4-12-23(19)31/h1-17H. The van der Waals surface area contributed by atoms with Gasteiger partial charge in [-0.2, -0.15) is 0 Å². The van der Waals surface area contributed by atoms with E-state index in [0.717, 1.165) is 5.02 Å². The molecule has 0 bridgehead atoms. The van der Waals surface area contributed by atoms with Gasteiger partial charge in [-0.25, -0.2) is 0 Å². The predicted molar refractivity (Wildman–Crippen MR) is 146 cm³/mol. The van der Waals surface area contributed by atoms with Crippen LogP contribution >= 0.6 is 34.7 Å². The number of thiophene rings is 1. The van der Waals surface area contributed by atoms with Gasteiger partial charge in [0.1, 0.15) is 0 Å². The highest BCUT2D eigenvalue weighted by atomic mass is 35.5. The SMILES string of the molecule is Clc1cccc2c1sc1cc3c(cc12)C1(c2ccccc2S3)c2ccccc2-c2ccccc21. The fraction of sp³-hybridized carbons (Fsp3) is 0.0323. The molecule has 1 aromatic heterocycles. The number of rotatable bonds is 0. The molecule has 0 N–H and O–H groups in total. The minimum absolute atomic E-state index is 0.328. The van der Waals surface area contributed by atoms with E-state index in [9.17, 15) is 0 Å². The maximum atomic E-state index is 6.62. The van der Waals surface area contributed by atoms with E-state index in [1.807, 2.05) is 17.8 Å². The number of hydrogen-bond acceptors (Lipinski definition) is 2. The van der Waals surface area contributed by atoms with Crippen molar-refractivity contribution < 1.29 is 0 Å². The predicted octanol–water partition coefficient (Wildman–Crippen LogP) is 9.54. The first kappa shape index (κ1) is 19.3. The third-order valence-corrected chi connectivity index (χ3v) is 10.2. The second-order valence-electron chi connectivity index (χ2n) is 9.00. The molecule has 1 aliphatic heterocycles. The molecule has 6 aromatic rings. The molecule has 0 radical (unpaired) electrons. The van der Waals surface area contributed by atoms with Crippen molar-refractivity contribution in [2.24, 2.45) is 0 Å². The number of fused-ring (bicyclic) bond motifs is 12. The van der Waals surface area contributed by atoms with Crippen molar-refractivity contribution in [2.45, 2.75) is 15.2 Å². The van der Waals surface area contributed by atoms with Crippen LogP contribution in [0.4, 0.5) is 0 Å². The lowest BCUT2D eigenvalue weighted by Crippen LogP contribution is -2.31. The Hall–Kier alpha value is -3.04. The summed E-state index contributed by atoms with van der Waals surface area (Å²) in [6.45, 7) is 0. The Kier molecular flexibility index (Phi) is 3.84. The van der Waals surface area contributed by atoms with Crippen LogP contribution in [0.5, 0.6) is 0 Å². The summed E-state index contributed by atoms with van der Waals surface area (Å²) in [6.07, 6.45) is 0. The summed E-state index contributed by atoms with van der Waals surface area (Å²) in [4.78, 5) is 2.67. The molecule has 2 aliphatic rings. The third kappa shape index (κ3) is 2.27. The van der Waals surface area contributed by atoms with Crippen LogP contribution in [-0.4, -0.2) is 0 Å². The van der Waals surface area contributed by atoms with Crippen LogP contribution in [0.1, 0.15) is 22.3 Å². The monoisotopic (exact) mass is 488 g/mol. The summed E-state index contributed by atoms with van der Waals surface area (Å²) in [5.74, 6) is 0. The van der Waals surface area contributed by atoms with Crippen molar-refractivity contribution in [1.82, 2.24) is 0 Å². The first-order chi connectivity index (χ1) is 16.8.